The van der Waals surface area contributed by atoms with Crippen molar-refractivity contribution < 1.29 is 51.4 Å². The van der Waals surface area contributed by atoms with Crippen LogP contribution in [0.2, 0.25) is 0 Å². The molecular weight excluding hydrogens is 832 g/mol. The van der Waals surface area contributed by atoms with Gasteiger partial charge in [0.2, 0.25) is 23.5 Å². The van der Waals surface area contributed by atoms with Gasteiger partial charge in [0.05, 0.1) is 35.7 Å². The Kier molecular flexibility index (Phi) is 14.7. The molecule has 1 aromatic heterocycles. The molecule has 62 heavy (non-hydrogen) atoms. The molecule has 0 spiro atoms. The zero-order chi connectivity index (χ0) is 43.8. The van der Waals surface area contributed by atoms with Crippen molar-refractivity contribution in [3.05, 3.63) is 58.2 Å². The van der Waals surface area contributed by atoms with Crippen LogP contribution in [0.25, 0.3) is 11.3 Å². The zero-order valence-corrected chi connectivity index (χ0v) is 35.2. The van der Waals surface area contributed by atoms with Gasteiger partial charge in [0.25, 0.3) is 17.7 Å². The van der Waals surface area contributed by atoms with Crippen molar-refractivity contribution in [1.82, 2.24) is 25.4 Å². The van der Waals surface area contributed by atoms with Crippen LogP contribution in [0.4, 0.5) is 24.0 Å². The van der Waals surface area contributed by atoms with Gasteiger partial charge in [-0.15, -0.1) is 11.3 Å². The van der Waals surface area contributed by atoms with Gasteiger partial charge in [-0.3, -0.25) is 39.0 Å². The lowest BCUT2D eigenvalue weighted by atomic mass is 10.0. The van der Waals surface area contributed by atoms with E-state index < -0.39 is 59.6 Å². The monoisotopic (exact) mass is 881 g/mol. The van der Waals surface area contributed by atoms with Crippen molar-refractivity contribution in [2.24, 2.45) is 0 Å². The van der Waals surface area contributed by atoms with Gasteiger partial charge in [-0.2, -0.15) is 4.39 Å². The highest BCUT2D eigenvalue weighted by molar-refractivity contribution is 7.14. The van der Waals surface area contributed by atoms with Crippen molar-refractivity contribution in [2.45, 2.75) is 76.7 Å². The average Bonchev–Trinajstić information content (AvgIpc) is 3.85. The Morgan fingerprint density at radius 1 is 0.823 bits per heavy atom. The number of hydrogen-bond acceptors (Lipinski definition) is 12. The summed E-state index contributed by atoms with van der Waals surface area (Å²) in [6.07, 6.45) is 7.77. The number of anilines is 2. The lowest BCUT2D eigenvalue weighted by molar-refractivity contribution is -0.136. The Balaban J connectivity index is 0.737. The van der Waals surface area contributed by atoms with Crippen molar-refractivity contribution in [3.8, 4) is 17.0 Å². The third-order valence-corrected chi connectivity index (χ3v) is 12.5. The molecule has 0 bridgehead atoms. The summed E-state index contributed by atoms with van der Waals surface area (Å²) in [6, 6.07) is 3.64. The van der Waals surface area contributed by atoms with E-state index in [9.17, 15) is 37.5 Å². The second kappa shape index (κ2) is 20.5. The first-order valence-corrected chi connectivity index (χ1v) is 22.1. The average molecular weight is 882 g/mol. The molecule has 15 nitrogen and oxygen atoms in total. The Morgan fingerprint density at radius 2 is 1.50 bits per heavy atom. The number of nitrogens with zero attached hydrogens (tertiary/aromatic N) is 5. The molecule has 3 aromatic rings. The first-order valence-electron chi connectivity index (χ1n) is 21.2. The standard InChI is InChI=1S/C43H50F3N7O8S/c44-30-11-10-27(32-26-62-43(48-32)52-19-21-60-22-20-52)39(38(30)46)61-25-36(55)47-14-8-6-4-2-1-3-5-7-9-37(56)51-17-15-50(16-18-51)34-24-29-28(23-31(34)45)41(58)53(42(29)59)33-12-13-35(54)49-40(33)57/h10-11,23-24,26,33H,1-9,12-22,25H2,(H,47,55)(H,49,54,57). The van der Waals surface area contributed by atoms with Gasteiger partial charge in [-0.25, -0.2) is 13.8 Å². The van der Waals surface area contributed by atoms with E-state index in [1.54, 1.807) is 15.2 Å². The Labute approximate surface area is 360 Å². The number of fused-ring (bicyclic) bond motifs is 1. The number of piperazine rings is 1. The van der Waals surface area contributed by atoms with Gasteiger partial charge >= 0.3 is 0 Å². The fourth-order valence-electron chi connectivity index (χ4n) is 8.12. The molecule has 5 heterocycles. The molecule has 19 heteroatoms. The molecule has 4 aliphatic rings. The van der Waals surface area contributed by atoms with E-state index in [0.29, 0.717) is 71.1 Å². The topological polar surface area (TPSA) is 171 Å². The zero-order valence-electron chi connectivity index (χ0n) is 34.4. The number of imide groups is 2. The Morgan fingerprint density at radius 3 is 2.21 bits per heavy atom. The van der Waals surface area contributed by atoms with Crippen LogP contribution in [0.3, 0.4) is 0 Å². The van der Waals surface area contributed by atoms with Crippen LogP contribution in [-0.4, -0.2) is 122 Å². The molecule has 7 rings (SSSR count). The second-order valence-electron chi connectivity index (χ2n) is 15.7. The van der Waals surface area contributed by atoms with E-state index in [1.807, 2.05) is 0 Å². The quantitative estimate of drug-likeness (QED) is 0.133. The lowest BCUT2D eigenvalue weighted by Crippen LogP contribution is -2.54. The number of hydrogen-bond donors (Lipinski definition) is 2. The summed E-state index contributed by atoms with van der Waals surface area (Å²) in [5.41, 5.74) is 0.740. The molecule has 1 atom stereocenters. The summed E-state index contributed by atoms with van der Waals surface area (Å²) < 4.78 is 55.2. The van der Waals surface area contributed by atoms with Crippen LogP contribution in [0, 0.1) is 17.5 Å². The summed E-state index contributed by atoms with van der Waals surface area (Å²) in [5.74, 6) is -6.36. The third kappa shape index (κ3) is 10.4. The number of amides is 6. The van der Waals surface area contributed by atoms with Crippen LogP contribution >= 0.6 is 11.3 Å². The minimum Gasteiger partial charge on any atom is -0.480 e. The molecule has 3 fully saturated rings. The molecule has 332 valence electrons. The SMILES string of the molecule is O=C(COc1c(-c2csc(N3CCOCC3)n2)ccc(F)c1F)NCCCCCCCCCCC(=O)N1CCN(c2cc3c(cc2F)C(=O)N(C2CCC(=O)NC2=O)C3=O)CC1. The first kappa shape index (κ1) is 44.5. The molecule has 6 amide bonds. The van der Waals surface area contributed by atoms with Gasteiger partial charge in [-0.05, 0) is 43.5 Å². The molecule has 3 saturated heterocycles. The molecule has 0 saturated carbocycles. The predicted octanol–water partition coefficient (Wildman–Crippen LogP) is 4.82. The van der Waals surface area contributed by atoms with E-state index in [0.717, 1.165) is 73.5 Å². The number of ether oxygens (including phenoxy) is 2. The minimum atomic E-state index is -1.17. The highest BCUT2D eigenvalue weighted by Gasteiger charge is 2.45. The van der Waals surface area contributed by atoms with Gasteiger partial charge in [0, 0.05) is 69.6 Å². The molecule has 0 aliphatic carbocycles. The second-order valence-corrected chi connectivity index (χ2v) is 16.6. The number of carbonyl (C=O) groups excluding carboxylic acids is 6. The molecule has 4 aliphatic heterocycles. The summed E-state index contributed by atoms with van der Waals surface area (Å²) in [7, 11) is 0. The summed E-state index contributed by atoms with van der Waals surface area (Å²) in [6.45, 7) is 3.97. The van der Waals surface area contributed by atoms with E-state index in [4.69, 9.17) is 9.47 Å². The van der Waals surface area contributed by atoms with Crippen LogP contribution < -0.4 is 25.2 Å². The predicted molar refractivity (Wildman–Crippen MR) is 222 cm³/mol. The fourth-order valence-corrected chi connectivity index (χ4v) is 9.00. The summed E-state index contributed by atoms with van der Waals surface area (Å²) in [4.78, 5) is 86.6. The number of nitrogens with one attached hydrogen (secondary N) is 2. The molecule has 2 N–H and O–H groups in total. The largest absolute Gasteiger partial charge is 0.480 e. The fraction of sp³-hybridized carbons (Fsp3) is 0.512. The van der Waals surface area contributed by atoms with Gasteiger partial charge in [0.15, 0.2) is 23.3 Å². The number of aromatic nitrogens is 1. The molecule has 0 radical (unpaired) electrons. The lowest BCUT2D eigenvalue weighted by Gasteiger charge is -2.36. The number of benzene rings is 2. The maximum Gasteiger partial charge on any atom is 0.262 e. The maximum absolute atomic E-state index is 15.3. The van der Waals surface area contributed by atoms with E-state index >= 15 is 4.39 Å². The summed E-state index contributed by atoms with van der Waals surface area (Å²) in [5, 5.41) is 7.42. The number of carbonyl (C=O) groups is 6. The van der Waals surface area contributed by atoms with Crippen molar-refractivity contribution >= 4 is 57.6 Å². The highest BCUT2D eigenvalue weighted by atomic mass is 32.1. The molecule has 2 aromatic carbocycles. The van der Waals surface area contributed by atoms with Gasteiger partial charge < -0.3 is 29.5 Å². The number of rotatable bonds is 18. The number of halogens is 3. The third-order valence-electron chi connectivity index (χ3n) is 11.6. The van der Waals surface area contributed by atoms with Crippen molar-refractivity contribution in [2.75, 3.05) is 75.4 Å². The van der Waals surface area contributed by atoms with Crippen LogP contribution in [0.1, 0.15) is 91.3 Å². The molecular formula is C43H50F3N7O8S. The molecule has 1 unspecified atom stereocenters. The number of unbranched alkanes of at least 4 members (excludes halogenated alkanes) is 7. The maximum atomic E-state index is 15.3. The van der Waals surface area contributed by atoms with Crippen LogP contribution in [-0.2, 0) is 23.9 Å². The first-order chi connectivity index (χ1) is 30.0. The van der Waals surface area contributed by atoms with Crippen molar-refractivity contribution in [1.29, 1.82) is 0 Å². The Hall–Kier alpha value is -5.56. The van der Waals surface area contributed by atoms with Crippen molar-refractivity contribution in [3.63, 3.8) is 0 Å². The Bertz CT molecular complexity index is 2180. The van der Waals surface area contributed by atoms with Gasteiger partial charge in [-0.1, -0.05) is 38.5 Å². The minimum absolute atomic E-state index is 0.00459. The van der Waals surface area contributed by atoms with Crippen LogP contribution in [0.5, 0.6) is 5.75 Å². The highest BCUT2D eigenvalue weighted by Crippen LogP contribution is 2.37. The summed E-state index contributed by atoms with van der Waals surface area (Å²) >= 11 is 1.39. The van der Waals surface area contributed by atoms with E-state index in [-0.39, 0.29) is 46.9 Å². The van der Waals surface area contributed by atoms with Gasteiger partial charge in [0.1, 0.15) is 11.9 Å². The van der Waals surface area contributed by atoms with E-state index in [1.165, 1.54) is 23.5 Å². The van der Waals surface area contributed by atoms with E-state index in [2.05, 4.69) is 20.5 Å². The smallest absolute Gasteiger partial charge is 0.262 e. The number of morpholine rings is 1. The van der Waals surface area contributed by atoms with Crippen LogP contribution in [0.15, 0.2) is 29.6 Å². The number of thiazole rings is 1. The normalized spacial score (nSPS) is 18.0. The number of piperidine rings is 1.